The number of hydrogen-bond acceptors (Lipinski definition) is 3. The number of fused-ring (bicyclic) bond motifs is 5. The van der Waals surface area contributed by atoms with Gasteiger partial charge in [0.1, 0.15) is 11.5 Å². The molecule has 0 radical (unpaired) electrons. The van der Waals surface area contributed by atoms with Crippen molar-refractivity contribution in [3.8, 4) is 11.5 Å². The molecule has 5 rings (SSSR count). The van der Waals surface area contributed by atoms with Crippen LogP contribution in [0.25, 0.3) is 0 Å². The zero-order chi connectivity index (χ0) is 22.7. The van der Waals surface area contributed by atoms with Crippen molar-refractivity contribution in [2.75, 3.05) is 26.9 Å². The number of para-hydroxylation sites is 1. The molecule has 0 amide bonds. The fourth-order valence-corrected chi connectivity index (χ4v) is 5.83. The quantitative estimate of drug-likeness (QED) is 0.371. The van der Waals surface area contributed by atoms with Gasteiger partial charge < -0.3 is 9.47 Å². The standard InChI is InChI=1S/C25H29ClNO3.C2H6/c1-27(16-29-25(28)12-17-6-2-3-7-17)14-21-19-8-4-5-9-23(19)30-24-11-10-18(26)13-20(24)22(21)15-27;1-2/h4-5,8-11,13,17,21-22H,2-3,6-7,12,14-16H2,1H3;1-2H3/q+1;. The van der Waals surface area contributed by atoms with Gasteiger partial charge >= 0.3 is 5.97 Å². The molecular formula is C27H35ClNO3+. The molecule has 2 aromatic carbocycles. The van der Waals surface area contributed by atoms with Crippen molar-refractivity contribution in [3.63, 3.8) is 0 Å². The first-order valence-electron chi connectivity index (χ1n) is 12.1. The molecule has 0 spiro atoms. The monoisotopic (exact) mass is 456 g/mol. The van der Waals surface area contributed by atoms with Crippen LogP contribution in [-0.2, 0) is 9.53 Å². The minimum Gasteiger partial charge on any atom is -0.457 e. The molecule has 1 saturated heterocycles. The van der Waals surface area contributed by atoms with Crippen LogP contribution < -0.4 is 4.74 Å². The number of likely N-dealkylation sites (tertiary alicyclic amines) is 1. The van der Waals surface area contributed by atoms with Crippen molar-refractivity contribution in [3.05, 3.63) is 58.6 Å². The maximum atomic E-state index is 12.4. The Labute approximate surface area is 197 Å². The zero-order valence-electron chi connectivity index (χ0n) is 19.5. The molecule has 4 nitrogen and oxygen atoms in total. The van der Waals surface area contributed by atoms with Crippen LogP contribution in [0.2, 0.25) is 5.02 Å². The lowest BCUT2D eigenvalue weighted by Gasteiger charge is -2.29. The van der Waals surface area contributed by atoms with Crippen LogP contribution in [-0.4, -0.2) is 37.3 Å². The van der Waals surface area contributed by atoms with Gasteiger partial charge in [0, 0.05) is 34.4 Å². The fraction of sp³-hybridized carbons (Fsp3) is 0.519. The van der Waals surface area contributed by atoms with E-state index in [1.54, 1.807) is 0 Å². The van der Waals surface area contributed by atoms with E-state index in [4.69, 9.17) is 21.1 Å². The van der Waals surface area contributed by atoms with Crippen LogP contribution in [0.3, 0.4) is 0 Å². The molecule has 3 unspecified atom stereocenters. The number of carbonyl (C=O) groups excluding carboxylic acids is 1. The maximum absolute atomic E-state index is 12.4. The molecule has 2 aliphatic heterocycles. The van der Waals surface area contributed by atoms with E-state index in [2.05, 4.69) is 19.2 Å². The van der Waals surface area contributed by atoms with Crippen molar-refractivity contribution in [1.82, 2.24) is 0 Å². The third-order valence-corrected chi connectivity index (χ3v) is 7.37. The second-order valence-corrected chi connectivity index (χ2v) is 9.96. The molecule has 0 bridgehead atoms. The van der Waals surface area contributed by atoms with E-state index in [0.717, 1.165) is 35.2 Å². The summed E-state index contributed by atoms with van der Waals surface area (Å²) in [7, 11) is 2.20. The van der Waals surface area contributed by atoms with E-state index in [1.165, 1.54) is 31.2 Å². The van der Waals surface area contributed by atoms with Crippen molar-refractivity contribution in [1.29, 1.82) is 0 Å². The van der Waals surface area contributed by atoms with Gasteiger partial charge in [-0.2, -0.15) is 0 Å². The molecule has 3 aliphatic rings. The van der Waals surface area contributed by atoms with E-state index in [0.29, 0.717) is 29.5 Å². The fourth-order valence-electron chi connectivity index (χ4n) is 5.65. The first kappa shape index (κ1) is 23.1. The van der Waals surface area contributed by atoms with E-state index in [-0.39, 0.29) is 11.9 Å². The number of quaternary nitrogens is 1. The first-order valence-corrected chi connectivity index (χ1v) is 12.4. The van der Waals surface area contributed by atoms with Crippen molar-refractivity contribution in [2.24, 2.45) is 5.92 Å². The van der Waals surface area contributed by atoms with Gasteiger partial charge in [-0.1, -0.05) is 56.5 Å². The summed E-state index contributed by atoms with van der Waals surface area (Å²) in [6.07, 6.45) is 5.40. The summed E-state index contributed by atoms with van der Waals surface area (Å²) in [5.41, 5.74) is 2.39. The molecule has 0 aromatic heterocycles. The van der Waals surface area contributed by atoms with Crippen LogP contribution in [0.5, 0.6) is 11.5 Å². The summed E-state index contributed by atoms with van der Waals surface area (Å²) in [5, 5.41) is 0.728. The number of benzene rings is 2. The predicted molar refractivity (Wildman–Crippen MR) is 128 cm³/mol. The van der Waals surface area contributed by atoms with Gasteiger partial charge in [0.25, 0.3) is 0 Å². The molecule has 2 aromatic rings. The topological polar surface area (TPSA) is 35.5 Å². The SMILES string of the molecule is CC.C[N+]1(COC(=O)CC2CCCC2)CC2c3ccccc3Oc3ccc(Cl)cc3C2C1. The van der Waals surface area contributed by atoms with Crippen LogP contribution in [0.4, 0.5) is 0 Å². The van der Waals surface area contributed by atoms with Gasteiger partial charge in [0.15, 0.2) is 0 Å². The first-order chi connectivity index (χ1) is 15.5. The van der Waals surface area contributed by atoms with Gasteiger partial charge in [-0.05, 0) is 43.0 Å². The molecule has 172 valence electrons. The lowest BCUT2D eigenvalue weighted by Crippen LogP contribution is -2.44. The third-order valence-electron chi connectivity index (χ3n) is 7.14. The van der Waals surface area contributed by atoms with Gasteiger partial charge in [-0.25, -0.2) is 0 Å². The number of esters is 1. The van der Waals surface area contributed by atoms with Crippen LogP contribution >= 0.6 is 11.6 Å². The minimum absolute atomic E-state index is 0.0412. The number of nitrogens with zero attached hydrogens (tertiary/aromatic N) is 1. The molecule has 2 fully saturated rings. The normalized spacial score (nSPS) is 26.0. The Morgan fingerprint density at radius 2 is 1.69 bits per heavy atom. The molecule has 32 heavy (non-hydrogen) atoms. The van der Waals surface area contributed by atoms with E-state index < -0.39 is 0 Å². The number of likely N-dealkylation sites (N-methyl/N-ethyl adjacent to an activating group) is 1. The van der Waals surface area contributed by atoms with Crippen LogP contribution in [0, 0.1) is 5.92 Å². The highest BCUT2D eigenvalue weighted by molar-refractivity contribution is 6.30. The average molecular weight is 457 g/mol. The Bertz CT molecular complexity index is 956. The smallest absolute Gasteiger partial charge is 0.310 e. The highest BCUT2D eigenvalue weighted by atomic mass is 35.5. The third kappa shape index (κ3) is 4.82. The lowest BCUT2D eigenvalue weighted by molar-refractivity contribution is -0.915. The second kappa shape index (κ2) is 9.84. The molecular weight excluding hydrogens is 422 g/mol. The maximum Gasteiger partial charge on any atom is 0.310 e. The summed E-state index contributed by atoms with van der Waals surface area (Å²) < 4.78 is 12.8. The highest BCUT2D eigenvalue weighted by Gasteiger charge is 2.48. The Balaban J connectivity index is 0.00000119. The largest absolute Gasteiger partial charge is 0.457 e. The van der Waals surface area contributed by atoms with Gasteiger partial charge in [-0.15, -0.1) is 0 Å². The summed E-state index contributed by atoms with van der Waals surface area (Å²) in [6.45, 7) is 6.23. The van der Waals surface area contributed by atoms with Crippen LogP contribution in [0.1, 0.15) is 68.9 Å². The van der Waals surface area contributed by atoms with E-state index in [1.807, 2.05) is 44.2 Å². The van der Waals surface area contributed by atoms with Crippen molar-refractivity contribution >= 4 is 17.6 Å². The van der Waals surface area contributed by atoms with Gasteiger partial charge in [-0.3, -0.25) is 9.28 Å². The Morgan fingerprint density at radius 3 is 2.44 bits per heavy atom. The van der Waals surface area contributed by atoms with E-state index in [9.17, 15) is 4.79 Å². The van der Waals surface area contributed by atoms with Crippen LogP contribution in [0.15, 0.2) is 42.5 Å². The van der Waals surface area contributed by atoms with E-state index >= 15 is 0 Å². The number of rotatable bonds is 4. The number of carbonyl (C=O) groups is 1. The second-order valence-electron chi connectivity index (χ2n) is 9.52. The Hall–Kier alpha value is -2.04. The summed E-state index contributed by atoms with van der Waals surface area (Å²) in [6, 6.07) is 14.2. The molecule has 5 heteroatoms. The number of halogens is 1. The number of ether oxygens (including phenoxy) is 2. The Morgan fingerprint density at radius 1 is 1.03 bits per heavy atom. The highest BCUT2D eigenvalue weighted by Crippen LogP contribution is 2.51. The Kier molecular flexibility index (Phi) is 7.11. The molecule has 3 atom stereocenters. The lowest BCUT2D eigenvalue weighted by atomic mass is 9.84. The van der Waals surface area contributed by atoms with Gasteiger partial charge in [0.2, 0.25) is 6.73 Å². The molecule has 1 saturated carbocycles. The zero-order valence-corrected chi connectivity index (χ0v) is 20.2. The summed E-state index contributed by atoms with van der Waals surface area (Å²) in [4.78, 5) is 12.4. The summed E-state index contributed by atoms with van der Waals surface area (Å²) >= 11 is 6.36. The van der Waals surface area contributed by atoms with Crippen molar-refractivity contribution in [2.45, 2.75) is 57.8 Å². The molecule has 1 aliphatic carbocycles. The average Bonchev–Trinajstić information content (AvgIpc) is 3.41. The predicted octanol–water partition coefficient (Wildman–Crippen LogP) is 6.88. The van der Waals surface area contributed by atoms with Gasteiger partial charge in [0.05, 0.1) is 20.1 Å². The summed E-state index contributed by atoms with van der Waals surface area (Å²) in [5.74, 6) is 2.86. The molecule has 0 N–H and O–H groups in total. The molecule has 2 heterocycles. The van der Waals surface area contributed by atoms with Crippen molar-refractivity contribution < 1.29 is 18.8 Å². The number of hydrogen-bond donors (Lipinski definition) is 0. The minimum atomic E-state index is -0.0412.